The predicted octanol–water partition coefficient (Wildman–Crippen LogP) is 0.160. The van der Waals surface area contributed by atoms with Crippen LogP contribution in [0.1, 0.15) is 16.1 Å². The number of hydrogen-bond donors (Lipinski definition) is 1. The van der Waals surface area contributed by atoms with Gasteiger partial charge < -0.3 is 14.6 Å². The van der Waals surface area contributed by atoms with Crippen LogP contribution >= 0.6 is 0 Å². The predicted molar refractivity (Wildman–Crippen MR) is 52.4 cm³/mol. The lowest BCUT2D eigenvalue weighted by atomic mass is 10.2. The summed E-state index contributed by atoms with van der Waals surface area (Å²) < 4.78 is 5.06. The second-order valence-corrected chi connectivity index (χ2v) is 3.52. The first-order valence-corrected chi connectivity index (χ1v) is 4.78. The van der Waals surface area contributed by atoms with E-state index in [-0.39, 0.29) is 18.4 Å². The molecule has 2 rings (SSSR count). The highest BCUT2D eigenvalue weighted by atomic mass is 16.3. The summed E-state index contributed by atoms with van der Waals surface area (Å²) in [5, 5.41) is 2.67. The normalized spacial score (nSPS) is 16.3. The Labute approximate surface area is 87.0 Å². The molecule has 1 saturated heterocycles. The van der Waals surface area contributed by atoms with E-state index in [0.717, 1.165) is 0 Å². The van der Waals surface area contributed by atoms with Gasteiger partial charge in [-0.05, 0) is 13.0 Å². The van der Waals surface area contributed by atoms with E-state index >= 15 is 0 Å². The summed E-state index contributed by atoms with van der Waals surface area (Å²) in [6.07, 6.45) is 1.42. The fourth-order valence-electron chi connectivity index (χ4n) is 1.55. The third-order valence-electron chi connectivity index (χ3n) is 2.30. The van der Waals surface area contributed by atoms with Crippen LogP contribution in [-0.4, -0.2) is 36.3 Å². The summed E-state index contributed by atoms with van der Waals surface area (Å²) >= 11 is 0. The molecule has 2 amide bonds. The summed E-state index contributed by atoms with van der Waals surface area (Å²) in [7, 11) is 0. The number of carbonyl (C=O) groups excluding carboxylic acids is 2. The van der Waals surface area contributed by atoms with Crippen LogP contribution in [0, 0.1) is 6.92 Å². The Bertz CT molecular complexity index is 397. The summed E-state index contributed by atoms with van der Waals surface area (Å²) in [6.45, 7) is 2.97. The fourth-order valence-corrected chi connectivity index (χ4v) is 1.55. The van der Waals surface area contributed by atoms with Crippen molar-refractivity contribution in [2.75, 3.05) is 19.6 Å². The van der Waals surface area contributed by atoms with Crippen molar-refractivity contribution in [2.45, 2.75) is 6.92 Å². The minimum atomic E-state index is -0.151. The van der Waals surface area contributed by atoms with Gasteiger partial charge in [0.05, 0.1) is 12.1 Å². The van der Waals surface area contributed by atoms with Gasteiger partial charge in [-0.15, -0.1) is 0 Å². The molecule has 0 bridgehead atoms. The molecule has 1 N–H and O–H groups in total. The number of nitrogens with one attached hydrogen (secondary N) is 1. The van der Waals surface area contributed by atoms with Gasteiger partial charge in [0.15, 0.2) is 0 Å². The van der Waals surface area contributed by atoms with E-state index in [4.69, 9.17) is 4.42 Å². The van der Waals surface area contributed by atoms with Crippen LogP contribution < -0.4 is 5.32 Å². The second kappa shape index (κ2) is 3.76. The van der Waals surface area contributed by atoms with Gasteiger partial charge in [0.25, 0.3) is 5.91 Å². The second-order valence-electron chi connectivity index (χ2n) is 3.52. The van der Waals surface area contributed by atoms with Gasteiger partial charge in [0, 0.05) is 13.1 Å². The summed E-state index contributed by atoms with van der Waals surface area (Å²) in [5.41, 5.74) is 0.502. The molecule has 0 aliphatic carbocycles. The fraction of sp³-hybridized carbons (Fsp3) is 0.400. The van der Waals surface area contributed by atoms with E-state index < -0.39 is 0 Å². The molecule has 1 aromatic rings. The summed E-state index contributed by atoms with van der Waals surface area (Å²) in [5.74, 6) is 0.427. The van der Waals surface area contributed by atoms with E-state index in [9.17, 15) is 9.59 Å². The van der Waals surface area contributed by atoms with Gasteiger partial charge in [0.2, 0.25) is 5.91 Å². The quantitative estimate of drug-likeness (QED) is 0.715. The highest BCUT2D eigenvalue weighted by Crippen LogP contribution is 2.10. The van der Waals surface area contributed by atoms with E-state index in [0.29, 0.717) is 24.4 Å². The van der Waals surface area contributed by atoms with E-state index in [1.54, 1.807) is 13.0 Å². The van der Waals surface area contributed by atoms with Crippen molar-refractivity contribution in [1.29, 1.82) is 0 Å². The van der Waals surface area contributed by atoms with Crippen LogP contribution in [0.3, 0.4) is 0 Å². The molecule has 2 heterocycles. The zero-order chi connectivity index (χ0) is 10.8. The number of carbonyl (C=O) groups is 2. The molecule has 5 nitrogen and oxygen atoms in total. The molecule has 0 spiro atoms. The van der Waals surface area contributed by atoms with Crippen molar-refractivity contribution in [3.05, 3.63) is 23.7 Å². The Morgan fingerprint density at radius 3 is 3.00 bits per heavy atom. The topological polar surface area (TPSA) is 62.6 Å². The monoisotopic (exact) mass is 208 g/mol. The molecule has 5 heteroatoms. The average Bonchev–Trinajstić information content (AvgIpc) is 2.64. The molecule has 1 fully saturated rings. The Balaban J connectivity index is 2.10. The third kappa shape index (κ3) is 2.01. The van der Waals surface area contributed by atoms with Crippen LogP contribution in [0.5, 0.6) is 0 Å². The van der Waals surface area contributed by atoms with Crippen molar-refractivity contribution < 1.29 is 14.0 Å². The van der Waals surface area contributed by atoms with Gasteiger partial charge >= 0.3 is 0 Å². The lowest BCUT2D eigenvalue weighted by Gasteiger charge is -2.26. The zero-order valence-corrected chi connectivity index (χ0v) is 8.45. The number of rotatable bonds is 1. The van der Waals surface area contributed by atoms with Crippen molar-refractivity contribution >= 4 is 11.8 Å². The molecular formula is C10H12N2O3. The zero-order valence-electron chi connectivity index (χ0n) is 8.45. The molecule has 1 aliphatic rings. The molecule has 0 atom stereocenters. The van der Waals surface area contributed by atoms with Crippen LogP contribution in [0.2, 0.25) is 0 Å². The lowest BCUT2D eigenvalue weighted by Crippen LogP contribution is -2.49. The molecular weight excluding hydrogens is 196 g/mol. The number of nitrogens with zero attached hydrogens (tertiary/aromatic N) is 1. The first-order valence-electron chi connectivity index (χ1n) is 4.78. The number of aryl methyl sites for hydroxylation is 1. The lowest BCUT2D eigenvalue weighted by molar-refractivity contribution is -0.123. The first-order chi connectivity index (χ1) is 7.16. The number of amides is 2. The third-order valence-corrected chi connectivity index (χ3v) is 2.30. The number of piperazine rings is 1. The summed E-state index contributed by atoms with van der Waals surface area (Å²) in [4.78, 5) is 24.4. The van der Waals surface area contributed by atoms with Crippen LogP contribution in [0.25, 0.3) is 0 Å². The van der Waals surface area contributed by atoms with E-state index in [1.165, 1.54) is 11.2 Å². The molecule has 0 saturated carbocycles. The minimum Gasteiger partial charge on any atom is -0.469 e. The Morgan fingerprint density at radius 1 is 1.60 bits per heavy atom. The van der Waals surface area contributed by atoms with Crippen LogP contribution in [-0.2, 0) is 4.79 Å². The Hall–Kier alpha value is -1.78. The SMILES string of the molecule is Cc1cc(C(=O)N2CCNC(=O)C2)co1. The van der Waals surface area contributed by atoms with Crippen molar-refractivity contribution in [3.8, 4) is 0 Å². The Kier molecular flexibility index (Phi) is 2.45. The highest BCUT2D eigenvalue weighted by molar-refractivity contribution is 5.96. The summed E-state index contributed by atoms with van der Waals surface area (Å²) in [6, 6.07) is 1.68. The van der Waals surface area contributed by atoms with Crippen molar-refractivity contribution in [1.82, 2.24) is 10.2 Å². The van der Waals surface area contributed by atoms with Gasteiger partial charge in [-0.3, -0.25) is 9.59 Å². The van der Waals surface area contributed by atoms with Gasteiger partial charge in [-0.25, -0.2) is 0 Å². The van der Waals surface area contributed by atoms with Crippen LogP contribution in [0.15, 0.2) is 16.7 Å². The Morgan fingerprint density at radius 2 is 2.40 bits per heavy atom. The molecule has 1 aromatic heterocycles. The maximum absolute atomic E-state index is 11.8. The average molecular weight is 208 g/mol. The molecule has 15 heavy (non-hydrogen) atoms. The van der Waals surface area contributed by atoms with Gasteiger partial charge in [-0.2, -0.15) is 0 Å². The van der Waals surface area contributed by atoms with Gasteiger partial charge in [-0.1, -0.05) is 0 Å². The molecule has 0 unspecified atom stereocenters. The molecule has 80 valence electrons. The van der Waals surface area contributed by atoms with Crippen LogP contribution in [0.4, 0.5) is 0 Å². The maximum Gasteiger partial charge on any atom is 0.257 e. The van der Waals surface area contributed by atoms with E-state index in [1.807, 2.05) is 0 Å². The van der Waals surface area contributed by atoms with Crippen molar-refractivity contribution in [3.63, 3.8) is 0 Å². The van der Waals surface area contributed by atoms with Gasteiger partial charge in [0.1, 0.15) is 12.0 Å². The highest BCUT2D eigenvalue weighted by Gasteiger charge is 2.22. The smallest absolute Gasteiger partial charge is 0.257 e. The minimum absolute atomic E-state index is 0.116. The van der Waals surface area contributed by atoms with E-state index in [2.05, 4.69) is 5.32 Å². The molecule has 0 aromatic carbocycles. The number of furan rings is 1. The van der Waals surface area contributed by atoms with Crippen molar-refractivity contribution in [2.24, 2.45) is 0 Å². The molecule has 0 radical (unpaired) electrons. The molecule has 1 aliphatic heterocycles. The maximum atomic E-state index is 11.8. The standard InChI is InChI=1S/C10H12N2O3/c1-7-4-8(6-15-7)10(14)12-3-2-11-9(13)5-12/h4,6H,2-3,5H2,1H3,(H,11,13). The number of hydrogen-bond acceptors (Lipinski definition) is 3. The largest absolute Gasteiger partial charge is 0.469 e. The first kappa shape index (κ1) is 9.76.